The van der Waals surface area contributed by atoms with Gasteiger partial charge in [0.25, 0.3) is 0 Å². The molecule has 0 aliphatic rings. The standard InChI is InChI=1S/C12H16N4O2/c1-4-8-7-9(16(2)15-8)11(17)10-12(18-3)14-6-5-13-10/h5-7,11,17H,4H2,1-3H3. The van der Waals surface area contributed by atoms with Gasteiger partial charge < -0.3 is 9.84 Å². The first kappa shape index (κ1) is 12.5. The van der Waals surface area contributed by atoms with E-state index in [0.29, 0.717) is 17.3 Å². The van der Waals surface area contributed by atoms with Crippen molar-refractivity contribution in [3.63, 3.8) is 0 Å². The van der Waals surface area contributed by atoms with E-state index in [1.807, 2.05) is 13.0 Å². The minimum absolute atomic E-state index is 0.323. The van der Waals surface area contributed by atoms with Crippen molar-refractivity contribution in [3.05, 3.63) is 35.5 Å². The maximum Gasteiger partial charge on any atom is 0.238 e. The maximum absolute atomic E-state index is 10.4. The maximum atomic E-state index is 10.4. The van der Waals surface area contributed by atoms with Gasteiger partial charge in [0, 0.05) is 19.4 Å². The largest absolute Gasteiger partial charge is 0.480 e. The molecule has 0 aliphatic heterocycles. The summed E-state index contributed by atoms with van der Waals surface area (Å²) in [6.07, 6.45) is 2.97. The average molecular weight is 248 g/mol. The minimum atomic E-state index is -0.897. The van der Waals surface area contributed by atoms with Gasteiger partial charge in [0.15, 0.2) is 0 Å². The van der Waals surface area contributed by atoms with Gasteiger partial charge in [0.1, 0.15) is 11.8 Å². The molecule has 0 fully saturated rings. The summed E-state index contributed by atoms with van der Waals surface area (Å²) < 4.78 is 6.75. The molecule has 0 aliphatic carbocycles. The van der Waals surface area contributed by atoms with E-state index in [2.05, 4.69) is 15.1 Å². The van der Waals surface area contributed by atoms with E-state index < -0.39 is 6.10 Å². The second-order valence-corrected chi connectivity index (χ2v) is 3.89. The predicted octanol–water partition coefficient (Wildman–Crippen LogP) is 0.863. The molecule has 2 aromatic rings. The lowest BCUT2D eigenvalue weighted by Gasteiger charge is -2.12. The first-order chi connectivity index (χ1) is 8.67. The van der Waals surface area contributed by atoms with Crippen molar-refractivity contribution in [1.82, 2.24) is 19.7 Å². The first-order valence-corrected chi connectivity index (χ1v) is 5.73. The third-order valence-corrected chi connectivity index (χ3v) is 2.75. The zero-order chi connectivity index (χ0) is 13.1. The molecule has 1 unspecified atom stereocenters. The zero-order valence-corrected chi connectivity index (χ0v) is 10.7. The Kier molecular flexibility index (Phi) is 3.57. The molecule has 0 radical (unpaired) electrons. The average Bonchev–Trinajstić information content (AvgIpc) is 2.79. The van der Waals surface area contributed by atoms with Crippen molar-refractivity contribution in [3.8, 4) is 5.88 Å². The van der Waals surface area contributed by atoms with E-state index >= 15 is 0 Å². The monoisotopic (exact) mass is 248 g/mol. The molecule has 1 N–H and O–H groups in total. The summed E-state index contributed by atoms with van der Waals surface area (Å²) in [6.45, 7) is 2.02. The lowest BCUT2D eigenvalue weighted by Crippen LogP contribution is -2.10. The van der Waals surface area contributed by atoms with E-state index in [1.54, 1.807) is 11.7 Å². The van der Waals surface area contributed by atoms with Gasteiger partial charge in [-0.2, -0.15) is 5.10 Å². The van der Waals surface area contributed by atoms with Crippen molar-refractivity contribution in [2.75, 3.05) is 7.11 Å². The van der Waals surface area contributed by atoms with Crippen LogP contribution in [-0.4, -0.2) is 32.0 Å². The molecule has 18 heavy (non-hydrogen) atoms. The third-order valence-electron chi connectivity index (χ3n) is 2.75. The number of hydrogen-bond acceptors (Lipinski definition) is 5. The van der Waals surface area contributed by atoms with Gasteiger partial charge in [-0.05, 0) is 12.5 Å². The van der Waals surface area contributed by atoms with Crippen molar-refractivity contribution in [2.24, 2.45) is 7.05 Å². The Bertz CT molecular complexity index is 539. The van der Waals surface area contributed by atoms with Gasteiger partial charge >= 0.3 is 0 Å². The van der Waals surface area contributed by atoms with Crippen LogP contribution < -0.4 is 4.74 Å². The molecule has 2 aromatic heterocycles. The van der Waals surface area contributed by atoms with E-state index in [9.17, 15) is 5.11 Å². The van der Waals surface area contributed by atoms with E-state index in [1.165, 1.54) is 19.5 Å². The fourth-order valence-corrected chi connectivity index (χ4v) is 1.79. The molecule has 96 valence electrons. The number of aryl methyl sites for hydroxylation is 2. The van der Waals surface area contributed by atoms with Crippen LogP contribution in [0.15, 0.2) is 18.5 Å². The topological polar surface area (TPSA) is 73.1 Å². The summed E-state index contributed by atoms with van der Waals surface area (Å²) in [5.74, 6) is 0.323. The van der Waals surface area contributed by atoms with Crippen molar-refractivity contribution in [2.45, 2.75) is 19.4 Å². The number of hydrogen-bond donors (Lipinski definition) is 1. The molecule has 0 aromatic carbocycles. The quantitative estimate of drug-likeness (QED) is 0.868. The normalized spacial score (nSPS) is 12.4. The molecule has 0 bridgehead atoms. The van der Waals surface area contributed by atoms with E-state index in [4.69, 9.17) is 4.74 Å². The zero-order valence-electron chi connectivity index (χ0n) is 10.7. The molecule has 0 amide bonds. The van der Waals surface area contributed by atoms with E-state index in [0.717, 1.165) is 12.1 Å². The summed E-state index contributed by atoms with van der Waals surface area (Å²) in [5, 5.41) is 14.6. The lowest BCUT2D eigenvalue weighted by molar-refractivity contribution is 0.198. The van der Waals surface area contributed by atoms with Crippen LogP contribution in [-0.2, 0) is 13.5 Å². The Labute approximate surface area is 105 Å². The Morgan fingerprint density at radius 1 is 1.39 bits per heavy atom. The third kappa shape index (κ3) is 2.19. The molecular weight excluding hydrogens is 232 g/mol. The van der Waals surface area contributed by atoms with Crippen LogP contribution in [0.5, 0.6) is 5.88 Å². The molecular formula is C12H16N4O2. The van der Waals surface area contributed by atoms with Gasteiger partial charge in [-0.15, -0.1) is 0 Å². The van der Waals surface area contributed by atoms with Gasteiger partial charge in [-0.3, -0.25) is 9.67 Å². The highest BCUT2D eigenvalue weighted by molar-refractivity contribution is 5.28. The van der Waals surface area contributed by atoms with Crippen LogP contribution in [0.2, 0.25) is 0 Å². The summed E-state index contributed by atoms with van der Waals surface area (Å²) in [4.78, 5) is 8.15. The van der Waals surface area contributed by atoms with Crippen LogP contribution in [0, 0.1) is 0 Å². The summed E-state index contributed by atoms with van der Waals surface area (Å²) in [5.41, 5.74) is 1.99. The SMILES string of the molecule is CCc1cc(C(O)c2nccnc2OC)n(C)n1. The van der Waals surface area contributed by atoms with Crippen LogP contribution in [0.3, 0.4) is 0 Å². The number of aromatic nitrogens is 4. The first-order valence-electron chi connectivity index (χ1n) is 5.73. The van der Waals surface area contributed by atoms with Gasteiger partial charge in [-0.1, -0.05) is 6.92 Å². The molecule has 6 nitrogen and oxygen atoms in total. The number of aliphatic hydroxyl groups excluding tert-OH is 1. The fraction of sp³-hybridized carbons (Fsp3) is 0.417. The molecule has 2 heterocycles. The molecule has 1 atom stereocenters. The summed E-state index contributed by atoms with van der Waals surface area (Å²) in [6, 6.07) is 1.86. The van der Waals surface area contributed by atoms with Crippen LogP contribution in [0.4, 0.5) is 0 Å². The van der Waals surface area contributed by atoms with Gasteiger partial charge in [0.05, 0.1) is 18.5 Å². The van der Waals surface area contributed by atoms with Crippen molar-refractivity contribution >= 4 is 0 Å². The lowest BCUT2D eigenvalue weighted by atomic mass is 10.1. The highest BCUT2D eigenvalue weighted by Crippen LogP contribution is 2.26. The molecule has 6 heteroatoms. The number of ether oxygens (including phenoxy) is 1. The Balaban J connectivity index is 2.40. The summed E-state index contributed by atoms with van der Waals surface area (Å²) in [7, 11) is 3.29. The minimum Gasteiger partial charge on any atom is -0.480 e. The Morgan fingerprint density at radius 3 is 2.72 bits per heavy atom. The van der Waals surface area contributed by atoms with Crippen molar-refractivity contribution in [1.29, 1.82) is 0 Å². The second-order valence-electron chi connectivity index (χ2n) is 3.89. The molecule has 0 saturated carbocycles. The van der Waals surface area contributed by atoms with Crippen LogP contribution >= 0.6 is 0 Å². The van der Waals surface area contributed by atoms with Crippen molar-refractivity contribution < 1.29 is 9.84 Å². The second kappa shape index (κ2) is 5.14. The predicted molar refractivity (Wildman–Crippen MR) is 65.2 cm³/mol. The Hall–Kier alpha value is -1.95. The number of rotatable bonds is 4. The summed E-state index contributed by atoms with van der Waals surface area (Å²) >= 11 is 0. The Morgan fingerprint density at radius 2 is 2.11 bits per heavy atom. The smallest absolute Gasteiger partial charge is 0.238 e. The number of aliphatic hydroxyl groups is 1. The van der Waals surface area contributed by atoms with E-state index in [-0.39, 0.29) is 0 Å². The van der Waals surface area contributed by atoms with Gasteiger partial charge in [-0.25, -0.2) is 4.98 Å². The highest BCUT2D eigenvalue weighted by atomic mass is 16.5. The molecule has 2 rings (SSSR count). The molecule has 0 spiro atoms. The number of nitrogens with zero attached hydrogens (tertiary/aromatic N) is 4. The fourth-order valence-electron chi connectivity index (χ4n) is 1.79. The van der Waals surface area contributed by atoms with Crippen LogP contribution in [0.25, 0.3) is 0 Å². The highest BCUT2D eigenvalue weighted by Gasteiger charge is 2.21. The van der Waals surface area contributed by atoms with Crippen LogP contribution in [0.1, 0.15) is 30.1 Å². The molecule has 0 saturated heterocycles. The van der Waals surface area contributed by atoms with Gasteiger partial charge in [0.2, 0.25) is 5.88 Å². The number of methoxy groups -OCH3 is 1.